The Labute approximate surface area is 172 Å². The van der Waals surface area contributed by atoms with Crippen LogP contribution in [-0.4, -0.2) is 80.4 Å². The summed E-state index contributed by atoms with van der Waals surface area (Å²) in [5, 5.41) is 18.4. The van der Waals surface area contributed by atoms with Gasteiger partial charge in [-0.1, -0.05) is 35.4 Å². The molecule has 0 saturated carbocycles. The maximum atomic E-state index is 12.5. The molecule has 2 rings (SSSR count). The van der Waals surface area contributed by atoms with Crippen LogP contribution in [0.4, 0.5) is 0 Å². The third-order valence-corrected chi connectivity index (χ3v) is 7.96. The van der Waals surface area contributed by atoms with Crippen molar-refractivity contribution in [3.8, 4) is 0 Å². The van der Waals surface area contributed by atoms with Crippen LogP contribution in [0.15, 0.2) is 0 Å². The van der Waals surface area contributed by atoms with Gasteiger partial charge in [-0.25, -0.2) is 9.59 Å². The molecule has 4 atom stereocenters. The molecular formula is C18H28N2O6S2. The van der Waals surface area contributed by atoms with Gasteiger partial charge in [-0.3, -0.25) is 9.59 Å². The van der Waals surface area contributed by atoms with Crippen LogP contribution in [0.1, 0.15) is 39.5 Å². The number of nitrogens with zero attached hydrogens (tertiary/aromatic N) is 2. The number of rotatable bonds is 9. The number of hydrogen-bond donors (Lipinski definition) is 2. The maximum Gasteiger partial charge on any atom is 0.326 e. The summed E-state index contributed by atoms with van der Waals surface area (Å²) in [5.74, 6) is -1.68. The first-order valence-corrected chi connectivity index (χ1v) is 12.0. The third-order valence-electron chi connectivity index (χ3n) is 5.20. The number of aliphatic carboxylic acids is 2. The lowest BCUT2D eigenvalue weighted by Crippen LogP contribution is -2.43. The molecule has 1 unspecified atom stereocenters. The van der Waals surface area contributed by atoms with E-state index in [0.29, 0.717) is 50.3 Å². The highest BCUT2D eigenvalue weighted by atomic mass is 33.1. The fourth-order valence-electron chi connectivity index (χ4n) is 3.58. The van der Waals surface area contributed by atoms with E-state index in [0.717, 1.165) is 0 Å². The van der Waals surface area contributed by atoms with E-state index >= 15 is 0 Å². The molecule has 2 aliphatic rings. The predicted molar refractivity (Wildman–Crippen MR) is 108 cm³/mol. The van der Waals surface area contributed by atoms with Crippen molar-refractivity contribution in [1.82, 2.24) is 9.80 Å². The average molecular weight is 433 g/mol. The van der Waals surface area contributed by atoms with E-state index in [2.05, 4.69) is 0 Å². The van der Waals surface area contributed by atoms with Gasteiger partial charge in [0, 0.05) is 36.4 Å². The molecule has 2 aliphatic heterocycles. The molecule has 2 saturated heterocycles. The SMILES string of the molecule is C[C@H](CSSC[C@@H](C)C(=O)N1CCC[C@H]1C(=O)O)C(=O)N1CCCC1C(=O)O. The fourth-order valence-corrected chi connectivity index (χ4v) is 6.27. The average Bonchev–Trinajstić information content (AvgIpc) is 3.32. The minimum atomic E-state index is -0.950. The number of amides is 2. The van der Waals surface area contributed by atoms with E-state index in [9.17, 15) is 29.4 Å². The Kier molecular flexibility index (Phi) is 8.48. The Morgan fingerprint density at radius 2 is 1.18 bits per heavy atom. The summed E-state index contributed by atoms with van der Waals surface area (Å²) in [5.41, 5.74) is 0. The van der Waals surface area contributed by atoms with Crippen LogP contribution >= 0.6 is 21.6 Å². The molecule has 2 heterocycles. The van der Waals surface area contributed by atoms with Crippen LogP contribution in [0.3, 0.4) is 0 Å². The molecule has 0 bridgehead atoms. The van der Waals surface area contributed by atoms with Crippen molar-refractivity contribution in [2.45, 2.75) is 51.6 Å². The zero-order valence-electron chi connectivity index (χ0n) is 16.2. The first kappa shape index (κ1) is 22.9. The molecule has 0 aromatic carbocycles. The van der Waals surface area contributed by atoms with E-state index in [4.69, 9.17) is 0 Å². The highest BCUT2D eigenvalue weighted by Gasteiger charge is 2.37. The van der Waals surface area contributed by atoms with Crippen molar-refractivity contribution in [1.29, 1.82) is 0 Å². The molecule has 8 nitrogen and oxygen atoms in total. The zero-order valence-corrected chi connectivity index (χ0v) is 17.8. The van der Waals surface area contributed by atoms with Gasteiger partial charge >= 0.3 is 11.9 Å². The number of carboxylic acids is 2. The summed E-state index contributed by atoms with van der Waals surface area (Å²) in [6, 6.07) is -1.43. The van der Waals surface area contributed by atoms with Crippen molar-refractivity contribution in [2.75, 3.05) is 24.6 Å². The first-order valence-electron chi connectivity index (χ1n) is 9.55. The zero-order chi connectivity index (χ0) is 20.8. The summed E-state index contributed by atoms with van der Waals surface area (Å²) in [4.78, 5) is 50.4. The second-order valence-electron chi connectivity index (χ2n) is 7.43. The Balaban J connectivity index is 1.73. The smallest absolute Gasteiger partial charge is 0.326 e. The van der Waals surface area contributed by atoms with Gasteiger partial charge in [-0.15, -0.1) is 0 Å². The molecule has 158 valence electrons. The number of carbonyl (C=O) groups excluding carboxylic acids is 2. The van der Waals surface area contributed by atoms with Crippen molar-refractivity contribution in [3.05, 3.63) is 0 Å². The lowest BCUT2D eigenvalue weighted by atomic mass is 10.1. The number of carbonyl (C=O) groups is 4. The molecule has 2 N–H and O–H groups in total. The minimum absolute atomic E-state index is 0.136. The van der Waals surface area contributed by atoms with E-state index in [-0.39, 0.29) is 23.7 Å². The Bertz CT molecular complexity index is 565. The molecule has 0 radical (unpaired) electrons. The van der Waals surface area contributed by atoms with Crippen molar-refractivity contribution in [3.63, 3.8) is 0 Å². The van der Waals surface area contributed by atoms with E-state index < -0.39 is 24.0 Å². The summed E-state index contributed by atoms with van der Waals surface area (Å²) in [6.45, 7) is 4.57. The van der Waals surface area contributed by atoms with Gasteiger partial charge < -0.3 is 20.0 Å². The topological polar surface area (TPSA) is 115 Å². The standard InChI is InChI=1S/C18H28N2O6S2/c1-11(15(21)19-7-3-5-13(19)17(23)24)9-27-28-10-12(2)16(22)20-8-4-6-14(20)18(25)26/h11-14H,3-10H2,1-2H3,(H,23,24)(H,25,26)/t11-,12-,13+,14?/m1/s1. The summed E-state index contributed by atoms with van der Waals surface area (Å²) in [7, 11) is 2.98. The van der Waals surface area contributed by atoms with Crippen molar-refractivity contribution < 1.29 is 29.4 Å². The highest BCUT2D eigenvalue weighted by Crippen LogP contribution is 2.30. The minimum Gasteiger partial charge on any atom is -0.480 e. The maximum absolute atomic E-state index is 12.5. The first-order chi connectivity index (χ1) is 13.2. The second kappa shape index (κ2) is 10.4. The van der Waals surface area contributed by atoms with E-state index in [1.807, 2.05) is 0 Å². The van der Waals surface area contributed by atoms with E-state index in [1.165, 1.54) is 31.4 Å². The lowest BCUT2D eigenvalue weighted by molar-refractivity contribution is -0.149. The number of likely N-dealkylation sites (tertiary alicyclic amines) is 2. The van der Waals surface area contributed by atoms with Gasteiger partial charge in [-0.05, 0) is 25.7 Å². The molecular weight excluding hydrogens is 404 g/mol. The second-order valence-corrected chi connectivity index (χ2v) is 9.98. The predicted octanol–water partition coefficient (Wildman–Crippen LogP) is 1.79. The van der Waals surface area contributed by atoms with Gasteiger partial charge in [0.2, 0.25) is 11.8 Å². The quantitative estimate of drug-likeness (QED) is 0.419. The molecule has 0 aromatic rings. The molecule has 0 aromatic heterocycles. The molecule has 28 heavy (non-hydrogen) atoms. The number of hydrogen-bond acceptors (Lipinski definition) is 6. The summed E-state index contributed by atoms with van der Waals surface area (Å²) >= 11 is 0. The molecule has 0 aliphatic carbocycles. The van der Waals surface area contributed by atoms with Crippen LogP contribution in [0, 0.1) is 11.8 Å². The van der Waals surface area contributed by atoms with Crippen LogP contribution in [0.5, 0.6) is 0 Å². The largest absolute Gasteiger partial charge is 0.480 e. The monoisotopic (exact) mass is 432 g/mol. The molecule has 0 spiro atoms. The van der Waals surface area contributed by atoms with Gasteiger partial charge in [0.25, 0.3) is 0 Å². The Hall–Kier alpha value is -1.42. The van der Waals surface area contributed by atoms with E-state index in [1.54, 1.807) is 13.8 Å². The summed E-state index contributed by atoms with van der Waals surface area (Å²) in [6.07, 6.45) is 2.43. The normalized spacial score (nSPS) is 24.2. The Morgan fingerprint density at radius 1 is 0.821 bits per heavy atom. The fraction of sp³-hybridized carbons (Fsp3) is 0.778. The highest BCUT2D eigenvalue weighted by molar-refractivity contribution is 8.76. The Morgan fingerprint density at radius 3 is 1.50 bits per heavy atom. The van der Waals surface area contributed by atoms with Crippen LogP contribution in [0.2, 0.25) is 0 Å². The van der Waals surface area contributed by atoms with Gasteiger partial charge in [0.05, 0.1) is 0 Å². The van der Waals surface area contributed by atoms with Crippen LogP contribution in [0.25, 0.3) is 0 Å². The summed E-state index contributed by atoms with van der Waals surface area (Å²) < 4.78 is 0. The number of carboxylic acid groups (broad SMARTS) is 2. The van der Waals surface area contributed by atoms with Crippen LogP contribution < -0.4 is 0 Å². The molecule has 2 amide bonds. The molecule has 2 fully saturated rings. The van der Waals surface area contributed by atoms with Gasteiger partial charge in [0.15, 0.2) is 0 Å². The van der Waals surface area contributed by atoms with Crippen molar-refractivity contribution >= 4 is 45.3 Å². The van der Waals surface area contributed by atoms with Gasteiger partial charge in [-0.2, -0.15) is 0 Å². The van der Waals surface area contributed by atoms with Crippen molar-refractivity contribution in [2.24, 2.45) is 11.8 Å². The van der Waals surface area contributed by atoms with Gasteiger partial charge in [0.1, 0.15) is 12.1 Å². The van der Waals surface area contributed by atoms with Crippen LogP contribution in [-0.2, 0) is 19.2 Å². The molecule has 10 heteroatoms. The third kappa shape index (κ3) is 5.56. The lowest BCUT2D eigenvalue weighted by Gasteiger charge is -2.25.